The third kappa shape index (κ3) is 10.6. The van der Waals surface area contributed by atoms with Gasteiger partial charge in [0.25, 0.3) is 11.8 Å². The van der Waals surface area contributed by atoms with Crippen molar-refractivity contribution >= 4 is 27.7 Å². The lowest BCUT2D eigenvalue weighted by Crippen LogP contribution is -2.54. The maximum absolute atomic E-state index is 14.0. The van der Waals surface area contributed by atoms with Crippen molar-refractivity contribution in [3.05, 3.63) is 70.3 Å². The van der Waals surface area contributed by atoms with E-state index in [2.05, 4.69) is 10.1 Å². The monoisotopic (exact) mass is 639 g/mol. The van der Waals surface area contributed by atoms with Gasteiger partial charge in [0.2, 0.25) is 15.9 Å². The van der Waals surface area contributed by atoms with Crippen LogP contribution in [0.4, 0.5) is 8.78 Å². The van der Waals surface area contributed by atoms with Gasteiger partial charge in [-0.1, -0.05) is 20.8 Å². The molecule has 2 rings (SSSR count). The number of benzene rings is 2. The summed E-state index contributed by atoms with van der Waals surface area (Å²) in [6, 6.07) is 5.42. The zero-order valence-corrected chi connectivity index (χ0v) is 26.6. The molecule has 0 radical (unpaired) electrons. The van der Waals surface area contributed by atoms with Gasteiger partial charge < -0.3 is 21.1 Å². The van der Waals surface area contributed by atoms with Gasteiger partial charge in [0.1, 0.15) is 11.6 Å². The molecule has 0 saturated heterocycles. The minimum Gasteiger partial charge on any atom is -0.390 e. The number of sulfonamides is 1. The van der Waals surface area contributed by atoms with Crippen LogP contribution in [0, 0.1) is 11.6 Å². The summed E-state index contributed by atoms with van der Waals surface area (Å²) in [7, 11) is -3.76. The van der Waals surface area contributed by atoms with Crippen LogP contribution in [0.1, 0.15) is 84.1 Å². The highest BCUT2D eigenvalue weighted by atomic mass is 32.2. The molecule has 0 fully saturated rings. The molecule has 0 aliphatic rings. The minimum atomic E-state index is -3.76. The topological polar surface area (TPSA) is 162 Å². The maximum Gasteiger partial charge on any atom is 0.253 e. The number of nitrogens with two attached hydrogens (primary N) is 1. The van der Waals surface area contributed by atoms with E-state index < -0.39 is 56.8 Å². The standard InChI is InChI=1S/C30H43F2N5O6S/c1-6-9-36(10-7-2)30(41)23-15-21(28(33)39)14-22(16-23)29(40)34-26(13-20-11-24(31)17-25(32)12-20)27(38)18-37(8-3)35-44(42,43)19(4)5/h11-12,14-17,19,26-27,35,38H,6-10,13,18H2,1-5H3,(H2,33,39)(H,34,40). The van der Waals surface area contributed by atoms with Crippen LogP contribution in [0.5, 0.6) is 0 Å². The number of halogens is 2. The molecule has 0 spiro atoms. The van der Waals surface area contributed by atoms with Gasteiger partial charge in [-0.2, -0.15) is 0 Å². The van der Waals surface area contributed by atoms with Crippen molar-refractivity contribution < 1.29 is 36.7 Å². The van der Waals surface area contributed by atoms with Crippen molar-refractivity contribution in [3.8, 4) is 0 Å². The van der Waals surface area contributed by atoms with Gasteiger partial charge in [0, 0.05) is 48.9 Å². The van der Waals surface area contributed by atoms with Crippen LogP contribution < -0.4 is 15.9 Å². The van der Waals surface area contributed by atoms with E-state index in [-0.39, 0.29) is 41.8 Å². The fourth-order valence-corrected chi connectivity index (χ4v) is 5.22. The number of primary amides is 1. The molecule has 2 atom stereocenters. The second kappa shape index (κ2) is 16.6. The summed E-state index contributed by atoms with van der Waals surface area (Å²) >= 11 is 0. The Kier molecular flexibility index (Phi) is 13.8. The van der Waals surface area contributed by atoms with Crippen LogP contribution >= 0.6 is 0 Å². The summed E-state index contributed by atoms with van der Waals surface area (Å²) in [4.78, 5) is 43.0. The second-order valence-electron chi connectivity index (χ2n) is 10.8. The van der Waals surface area contributed by atoms with Gasteiger partial charge in [0.15, 0.2) is 0 Å². The Balaban J connectivity index is 2.48. The largest absolute Gasteiger partial charge is 0.390 e. The first kappa shape index (κ1) is 36.7. The summed E-state index contributed by atoms with van der Waals surface area (Å²) in [5, 5.41) is 14.3. The Labute approximate surface area is 257 Å². The number of aliphatic hydroxyl groups is 1. The summed E-state index contributed by atoms with van der Waals surface area (Å²) < 4.78 is 52.8. The zero-order chi connectivity index (χ0) is 33.2. The van der Waals surface area contributed by atoms with E-state index in [0.717, 1.165) is 12.1 Å². The van der Waals surface area contributed by atoms with Crippen LogP contribution in [0.15, 0.2) is 36.4 Å². The molecule has 2 aromatic carbocycles. The number of rotatable bonds is 17. The Bertz CT molecular complexity index is 1400. The van der Waals surface area contributed by atoms with E-state index in [1.807, 2.05) is 13.8 Å². The van der Waals surface area contributed by atoms with Crippen LogP contribution in [-0.4, -0.2) is 84.7 Å². The molecular weight excluding hydrogens is 596 g/mol. The molecule has 2 unspecified atom stereocenters. The molecular formula is C30H43F2N5O6S. The molecule has 44 heavy (non-hydrogen) atoms. The molecule has 244 valence electrons. The molecule has 0 saturated carbocycles. The molecule has 14 heteroatoms. The van der Waals surface area contributed by atoms with Gasteiger partial charge in [-0.3, -0.25) is 14.4 Å². The van der Waals surface area contributed by atoms with Crippen molar-refractivity contribution in [2.24, 2.45) is 5.73 Å². The number of hydrogen-bond donors (Lipinski definition) is 4. The first-order valence-corrected chi connectivity index (χ1v) is 16.1. The number of carbonyl (C=O) groups is 3. The number of nitrogens with zero attached hydrogens (tertiary/aromatic N) is 2. The summed E-state index contributed by atoms with van der Waals surface area (Å²) in [5.41, 5.74) is 5.50. The first-order valence-electron chi connectivity index (χ1n) is 14.6. The maximum atomic E-state index is 14.0. The average Bonchev–Trinajstić information content (AvgIpc) is 2.94. The predicted molar refractivity (Wildman–Crippen MR) is 163 cm³/mol. The smallest absolute Gasteiger partial charge is 0.253 e. The Morgan fingerprint density at radius 3 is 1.95 bits per heavy atom. The fourth-order valence-electron chi connectivity index (χ4n) is 4.45. The number of nitrogens with one attached hydrogen (secondary N) is 2. The van der Waals surface area contributed by atoms with Crippen molar-refractivity contribution in [3.63, 3.8) is 0 Å². The molecule has 11 nitrogen and oxygen atoms in total. The highest BCUT2D eigenvalue weighted by Crippen LogP contribution is 2.17. The molecule has 5 N–H and O–H groups in total. The molecule has 0 aliphatic heterocycles. The number of amides is 3. The van der Waals surface area contributed by atoms with E-state index in [1.165, 1.54) is 37.1 Å². The third-order valence-electron chi connectivity index (χ3n) is 6.83. The number of hydrogen-bond acceptors (Lipinski definition) is 7. The lowest BCUT2D eigenvalue weighted by Gasteiger charge is -2.30. The van der Waals surface area contributed by atoms with E-state index in [4.69, 9.17) is 5.73 Å². The third-order valence-corrected chi connectivity index (χ3v) is 8.58. The molecule has 0 aliphatic carbocycles. The van der Waals surface area contributed by atoms with Gasteiger partial charge in [-0.25, -0.2) is 22.2 Å². The lowest BCUT2D eigenvalue weighted by atomic mass is 9.99. The first-order chi connectivity index (χ1) is 20.6. The normalized spacial score (nSPS) is 13.1. The van der Waals surface area contributed by atoms with Crippen LogP contribution in [0.25, 0.3) is 0 Å². The predicted octanol–water partition coefficient (Wildman–Crippen LogP) is 2.59. The van der Waals surface area contributed by atoms with Crippen LogP contribution in [-0.2, 0) is 16.4 Å². The van der Waals surface area contributed by atoms with Crippen LogP contribution in [0.2, 0.25) is 0 Å². The average molecular weight is 640 g/mol. The highest BCUT2D eigenvalue weighted by Gasteiger charge is 2.28. The van der Waals surface area contributed by atoms with E-state index in [9.17, 15) is 36.7 Å². The van der Waals surface area contributed by atoms with E-state index in [0.29, 0.717) is 32.0 Å². The summed E-state index contributed by atoms with van der Waals surface area (Å²) in [5.74, 6) is -3.78. The number of aliphatic hydroxyl groups excluding tert-OH is 1. The Morgan fingerprint density at radius 2 is 1.45 bits per heavy atom. The highest BCUT2D eigenvalue weighted by molar-refractivity contribution is 7.90. The molecule has 0 heterocycles. The second-order valence-corrected chi connectivity index (χ2v) is 13.0. The Morgan fingerprint density at radius 1 is 0.909 bits per heavy atom. The van der Waals surface area contributed by atoms with Crippen molar-refractivity contribution in [1.29, 1.82) is 0 Å². The van der Waals surface area contributed by atoms with Gasteiger partial charge in [-0.05, 0) is 69.0 Å². The van der Waals surface area contributed by atoms with Crippen molar-refractivity contribution in [2.45, 2.75) is 71.3 Å². The SMILES string of the molecule is CCCN(CCC)C(=O)c1cc(C(N)=O)cc(C(=O)NC(Cc2cc(F)cc(F)c2)C(O)CN(CC)NS(=O)(=O)C(C)C)c1. The quantitative estimate of drug-likeness (QED) is 0.194. The number of carbonyl (C=O) groups excluding carboxylic acids is 3. The van der Waals surface area contributed by atoms with Gasteiger partial charge in [0.05, 0.1) is 17.4 Å². The van der Waals surface area contributed by atoms with Gasteiger partial charge >= 0.3 is 0 Å². The van der Waals surface area contributed by atoms with Crippen LogP contribution in [0.3, 0.4) is 0 Å². The van der Waals surface area contributed by atoms with Gasteiger partial charge in [-0.15, -0.1) is 4.83 Å². The van der Waals surface area contributed by atoms with E-state index in [1.54, 1.807) is 11.8 Å². The molecule has 0 aromatic heterocycles. The van der Waals surface area contributed by atoms with Crippen molar-refractivity contribution in [2.75, 3.05) is 26.2 Å². The molecule has 2 aromatic rings. The lowest BCUT2D eigenvalue weighted by molar-refractivity contribution is 0.0634. The number of hydrazine groups is 1. The molecule has 0 bridgehead atoms. The van der Waals surface area contributed by atoms with E-state index >= 15 is 0 Å². The molecule has 3 amide bonds. The van der Waals surface area contributed by atoms with Crippen molar-refractivity contribution in [1.82, 2.24) is 20.1 Å². The minimum absolute atomic E-state index is 0.0675. The summed E-state index contributed by atoms with van der Waals surface area (Å²) in [6.07, 6.45) is -0.295. The number of likely N-dealkylation sites (N-methyl/N-ethyl adjacent to an activating group) is 1. The fraction of sp³-hybridized carbons (Fsp3) is 0.500. The zero-order valence-electron chi connectivity index (χ0n) is 25.8. The summed E-state index contributed by atoms with van der Waals surface area (Å²) in [6.45, 7) is 9.23. The Hall–Kier alpha value is -3.46.